The number of nitrogens with two attached hydrogens (primary N) is 1. The Morgan fingerprint density at radius 1 is 1.14 bits per heavy atom. The van der Waals surface area contributed by atoms with Crippen LogP contribution in [-0.2, 0) is 6.42 Å². The maximum absolute atomic E-state index is 9.10. The molecule has 5 nitrogen and oxygen atoms in total. The van der Waals surface area contributed by atoms with E-state index < -0.39 is 0 Å². The van der Waals surface area contributed by atoms with E-state index in [1.807, 2.05) is 24.3 Å². The fourth-order valence-electron chi connectivity index (χ4n) is 1.94. The molecule has 0 spiro atoms. The molecule has 0 radical (unpaired) electrons. The Morgan fingerprint density at radius 2 is 1.86 bits per heavy atom. The van der Waals surface area contributed by atoms with E-state index in [0.717, 1.165) is 5.56 Å². The molecule has 0 aliphatic heterocycles. The SMILES string of the molecule is N/C(=N/O)c1c(Br)cccc1Oc1ccccc1CCO. The number of amidine groups is 1. The fraction of sp³-hybridized carbons (Fsp3) is 0.133. The summed E-state index contributed by atoms with van der Waals surface area (Å²) in [5, 5.41) is 21.0. The summed E-state index contributed by atoms with van der Waals surface area (Å²) in [6, 6.07) is 12.7. The highest BCUT2D eigenvalue weighted by Crippen LogP contribution is 2.32. The Labute approximate surface area is 130 Å². The summed E-state index contributed by atoms with van der Waals surface area (Å²) in [6.45, 7) is 0.0337. The van der Waals surface area contributed by atoms with E-state index in [2.05, 4.69) is 21.1 Å². The average molecular weight is 351 g/mol. The zero-order chi connectivity index (χ0) is 15.2. The van der Waals surface area contributed by atoms with Gasteiger partial charge in [0.05, 0.1) is 5.56 Å². The number of halogens is 1. The largest absolute Gasteiger partial charge is 0.456 e. The molecular formula is C15H15BrN2O3. The van der Waals surface area contributed by atoms with Crippen molar-refractivity contribution in [3.05, 3.63) is 58.1 Å². The van der Waals surface area contributed by atoms with E-state index in [-0.39, 0.29) is 12.4 Å². The maximum Gasteiger partial charge on any atom is 0.175 e. The highest BCUT2D eigenvalue weighted by atomic mass is 79.9. The van der Waals surface area contributed by atoms with Crippen molar-refractivity contribution in [3.8, 4) is 11.5 Å². The topological polar surface area (TPSA) is 88.1 Å². The van der Waals surface area contributed by atoms with Gasteiger partial charge in [-0.15, -0.1) is 0 Å². The number of hydrogen-bond acceptors (Lipinski definition) is 4. The maximum atomic E-state index is 9.10. The molecule has 21 heavy (non-hydrogen) atoms. The first-order valence-corrected chi connectivity index (χ1v) is 7.09. The highest BCUT2D eigenvalue weighted by molar-refractivity contribution is 9.10. The van der Waals surface area contributed by atoms with Crippen LogP contribution in [-0.4, -0.2) is 22.8 Å². The molecule has 0 bridgehead atoms. The van der Waals surface area contributed by atoms with E-state index in [1.165, 1.54) is 0 Å². The van der Waals surface area contributed by atoms with Crippen molar-refractivity contribution in [2.24, 2.45) is 10.9 Å². The van der Waals surface area contributed by atoms with Crippen LogP contribution < -0.4 is 10.5 Å². The molecule has 0 atom stereocenters. The second-order valence-electron chi connectivity index (χ2n) is 4.28. The van der Waals surface area contributed by atoms with Crippen molar-refractivity contribution in [1.82, 2.24) is 0 Å². The van der Waals surface area contributed by atoms with Crippen molar-refractivity contribution in [2.45, 2.75) is 6.42 Å². The Kier molecular flexibility index (Phi) is 5.19. The number of benzene rings is 2. The van der Waals surface area contributed by atoms with Crippen LogP contribution in [0.4, 0.5) is 0 Å². The van der Waals surface area contributed by atoms with E-state index in [1.54, 1.807) is 18.2 Å². The number of hydrogen-bond donors (Lipinski definition) is 3. The van der Waals surface area contributed by atoms with Gasteiger partial charge in [-0.05, 0) is 46.1 Å². The van der Waals surface area contributed by atoms with Crippen LogP contribution in [0.3, 0.4) is 0 Å². The number of oxime groups is 1. The predicted molar refractivity (Wildman–Crippen MR) is 84.0 cm³/mol. The van der Waals surface area contributed by atoms with Gasteiger partial charge in [0.25, 0.3) is 0 Å². The summed E-state index contributed by atoms with van der Waals surface area (Å²) in [7, 11) is 0. The van der Waals surface area contributed by atoms with E-state index in [9.17, 15) is 0 Å². The lowest BCUT2D eigenvalue weighted by atomic mass is 10.1. The van der Waals surface area contributed by atoms with Gasteiger partial charge in [-0.25, -0.2) is 0 Å². The van der Waals surface area contributed by atoms with Crippen LogP contribution in [0.2, 0.25) is 0 Å². The van der Waals surface area contributed by atoms with Crippen LogP contribution in [0.25, 0.3) is 0 Å². The molecule has 0 saturated heterocycles. The summed E-state index contributed by atoms with van der Waals surface area (Å²) in [5.41, 5.74) is 7.05. The summed E-state index contributed by atoms with van der Waals surface area (Å²) >= 11 is 3.36. The van der Waals surface area contributed by atoms with Gasteiger partial charge in [0.1, 0.15) is 11.5 Å². The summed E-state index contributed by atoms with van der Waals surface area (Å²) < 4.78 is 6.55. The van der Waals surface area contributed by atoms with Crippen LogP contribution >= 0.6 is 15.9 Å². The number of aliphatic hydroxyl groups excluding tert-OH is 1. The standard InChI is InChI=1S/C15H15BrN2O3/c16-11-5-3-7-13(14(11)15(17)18-20)21-12-6-2-1-4-10(12)8-9-19/h1-7,19-20H,8-9H2,(H2,17,18). The first kappa shape index (κ1) is 15.3. The van der Waals surface area contributed by atoms with E-state index in [0.29, 0.717) is 28.0 Å². The minimum absolute atomic E-state index is 0.0337. The third-order valence-corrected chi connectivity index (χ3v) is 3.57. The molecule has 0 fully saturated rings. The first-order valence-electron chi connectivity index (χ1n) is 6.30. The average Bonchev–Trinajstić information content (AvgIpc) is 2.49. The number of rotatable bonds is 5. The predicted octanol–water partition coefficient (Wildman–Crippen LogP) is 2.87. The van der Waals surface area contributed by atoms with Crippen molar-refractivity contribution >= 4 is 21.8 Å². The van der Waals surface area contributed by atoms with Crippen molar-refractivity contribution in [3.63, 3.8) is 0 Å². The monoisotopic (exact) mass is 350 g/mol. The number of aliphatic hydroxyl groups is 1. The molecule has 0 aliphatic rings. The Balaban J connectivity index is 2.43. The smallest absolute Gasteiger partial charge is 0.175 e. The summed E-state index contributed by atoms with van der Waals surface area (Å²) in [5.74, 6) is 1.04. The third kappa shape index (κ3) is 3.53. The van der Waals surface area contributed by atoms with E-state index >= 15 is 0 Å². The van der Waals surface area contributed by atoms with Gasteiger partial charge >= 0.3 is 0 Å². The normalized spacial score (nSPS) is 11.4. The molecule has 4 N–H and O–H groups in total. The molecule has 2 rings (SSSR count). The van der Waals surface area contributed by atoms with E-state index in [4.69, 9.17) is 20.8 Å². The Morgan fingerprint density at radius 3 is 2.57 bits per heavy atom. The third-order valence-electron chi connectivity index (χ3n) is 2.91. The fourth-order valence-corrected chi connectivity index (χ4v) is 2.49. The number of ether oxygens (including phenoxy) is 1. The molecule has 110 valence electrons. The van der Waals surface area contributed by atoms with Crippen LogP contribution in [0.15, 0.2) is 52.1 Å². The van der Waals surface area contributed by atoms with Gasteiger partial charge in [0, 0.05) is 11.1 Å². The molecule has 2 aromatic rings. The van der Waals surface area contributed by atoms with Crippen molar-refractivity contribution < 1.29 is 15.1 Å². The van der Waals surface area contributed by atoms with Gasteiger partial charge in [0.15, 0.2) is 5.84 Å². The molecule has 0 amide bonds. The highest BCUT2D eigenvalue weighted by Gasteiger charge is 2.14. The van der Waals surface area contributed by atoms with Crippen molar-refractivity contribution in [2.75, 3.05) is 6.61 Å². The quantitative estimate of drug-likeness (QED) is 0.335. The van der Waals surface area contributed by atoms with Crippen LogP contribution in [0.1, 0.15) is 11.1 Å². The molecule has 0 saturated carbocycles. The van der Waals surface area contributed by atoms with Gasteiger partial charge in [0.2, 0.25) is 0 Å². The molecule has 0 aliphatic carbocycles. The molecular weight excluding hydrogens is 336 g/mol. The molecule has 0 unspecified atom stereocenters. The zero-order valence-electron chi connectivity index (χ0n) is 11.2. The summed E-state index contributed by atoms with van der Waals surface area (Å²) in [6.07, 6.45) is 0.489. The summed E-state index contributed by atoms with van der Waals surface area (Å²) in [4.78, 5) is 0. The Bertz CT molecular complexity index is 659. The lowest BCUT2D eigenvalue weighted by Gasteiger charge is -2.14. The first-order chi connectivity index (χ1) is 10.2. The van der Waals surface area contributed by atoms with Crippen LogP contribution in [0, 0.1) is 0 Å². The second-order valence-corrected chi connectivity index (χ2v) is 5.14. The van der Waals surface area contributed by atoms with Crippen molar-refractivity contribution in [1.29, 1.82) is 0 Å². The minimum Gasteiger partial charge on any atom is -0.456 e. The molecule has 6 heteroatoms. The van der Waals surface area contributed by atoms with Gasteiger partial charge in [-0.2, -0.15) is 0 Å². The Hall–Kier alpha value is -2.05. The zero-order valence-corrected chi connectivity index (χ0v) is 12.7. The van der Waals surface area contributed by atoms with Crippen LogP contribution in [0.5, 0.6) is 11.5 Å². The number of nitrogens with zero attached hydrogens (tertiary/aromatic N) is 1. The van der Waals surface area contributed by atoms with Gasteiger partial charge in [-0.1, -0.05) is 29.4 Å². The second kappa shape index (κ2) is 7.10. The molecule has 0 aromatic heterocycles. The molecule has 0 heterocycles. The lowest BCUT2D eigenvalue weighted by molar-refractivity contribution is 0.298. The lowest BCUT2D eigenvalue weighted by Crippen LogP contribution is -2.15. The minimum atomic E-state index is -0.0443. The number of para-hydroxylation sites is 1. The van der Waals surface area contributed by atoms with Gasteiger partial charge < -0.3 is 20.8 Å². The van der Waals surface area contributed by atoms with Gasteiger partial charge in [-0.3, -0.25) is 0 Å². The molecule has 2 aromatic carbocycles.